The Morgan fingerprint density at radius 1 is 1.21 bits per heavy atom. The van der Waals surface area contributed by atoms with Crippen LogP contribution in [-0.4, -0.2) is 20.5 Å². The monoisotopic (exact) mass is 295 g/mol. The Kier molecular flexibility index (Phi) is 3.73. The Bertz CT molecular complexity index is 569. The molecule has 0 atom stereocenters. The summed E-state index contributed by atoms with van der Waals surface area (Å²) >= 11 is 0. The van der Waals surface area contributed by atoms with Crippen molar-refractivity contribution in [2.45, 2.75) is 24.9 Å². The minimum absolute atomic E-state index is 0.320. The smallest absolute Gasteiger partial charge is 0.376 e. The Morgan fingerprint density at radius 3 is 2.63 bits per heavy atom. The van der Waals surface area contributed by atoms with Gasteiger partial charge in [-0.3, -0.25) is 0 Å². The third kappa shape index (κ3) is 3.19. The standard InChI is InChI=1S/C11H12F3NO3S/c12-11(13,14)19(16,17)18-10-4-3-8-2-1-5-15-7-9(8)6-10/h3-4,6,15H,1-2,5,7H2. The van der Waals surface area contributed by atoms with Crippen molar-refractivity contribution in [2.75, 3.05) is 6.54 Å². The predicted octanol–water partition coefficient (Wildman–Crippen LogP) is 1.95. The molecule has 0 unspecified atom stereocenters. The first-order valence-electron chi connectivity index (χ1n) is 5.63. The zero-order chi connectivity index (χ0) is 14.1. The number of halogens is 3. The first kappa shape index (κ1) is 14.1. The maximum Gasteiger partial charge on any atom is 0.534 e. The summed E-state index contributed by atoms with van der Waals surface area (Å²) in [5.41, 5.74) is -3.67. The van der Waals surface area contributed by atoms with Gasteiger partial charge >= 0.3 is 15.6 Å². The van der Waals surface area contributed by atoms with Gasteiger partial charge in [-0.1, -0.05) is 6.07 Å². The molecule has 1 aromatic carbocycles. The Hall–Kier alpha value is -1.28. The van der Waals surface area contributed by atoms with Gasteiger partial charge in [0.1, 0.15) is 5.75 Å². The fourth-order valence-corrected chi connectivity index (χ4v) is 2.31. The lowest BCUT2D eigenvalue weighted by Crippen LogP contribution is -2.28. The second-order valence-corrected chi connectivity index (χ2v) is 5.73. The molecule has 0 spiro atoms. The lowest BCUT2D eigenvalue weighted by molar-refractivity contribution is -0.0500. The summed E-state index contributed by atoms with van der Waals surface area (Å²) in [5, 5.41) is 3.10. The van der Waals surface area contributed by atoms with Crippen LogP contribution in [0.2, 0.25) is 0 Å². The van der Waals surface area contributed by atoms with Gasteiger partial charge in [-0.2, -0.15) is 21.6 Å². The van der Waals surface area contributed by atoms with Crippen LogP contribution in [0.1, 0.15) is 17.5 Å². The van der Waals surface area contributed by atoms with Crippen molar-refractivity contribution < 1.29 is 25.8 Å². The molecule has 0 aromatic heterocycles. The van der Waals surface area contributed by atoms with E-state index in [2.05, 4.69) is 9.50 Å². The second-order valence-electron chi connectivity index (χ2n) is 4.19. The number of aryl methyl sites for hydroxylation is 1. The van der Waals surface area contributed by atoms with Crippen molar-refractivity contribution in [1.29, 1.82) is 0 Å². The number of hydrogen-bond donors (Lipinski definition) is 1. The van der Waals surface area contributed by atoms with E-state index in [1.165, 1.54) is 12.1 Å². The van der Waals surface area contributed by atoms with Crippen LogP contribution in [0.3, 0.4) is 0 Å². The number of alkyl halides is 3. The van der Waals surface area contributed by atoms with Crippen molar-refractivity contribution in [2.24, 2.45) is 0 Å². The van der Waals surface area contributed by atoms with Crippen LogP contribution in [0, 0.1) is 0 Å². The molecule has 0 aliphatic carbocycles. The zero-order valence-electron chi connectivity index (χ0n) is 9.83. The fourth-order valence-electron chi connectivity index (χ4n) is 1.86. The number of hydrogen-bond acceptors (Lipinski definition) is 4. The summed E-state index contributed by atoms with van der Waals surface area (Å²) in [6.45, 7) is 1.30. The van der Waals surface area contributed by atoms with Gasteiger partial charge in [-0.15, -0.1) is 0 Å². The van der Waals surface area contributed by atoms with Gasteiger partial charge in [-0.25, -0.2) is 0 Å². The highest BCUT2D eigenvalue weighted by molar-refractivity contribution is 7.87. The van der Waals surface area contributed by atoms with Crippen molar-refractivity contribution in [3.05, 3.63) is 29.3 Å². The van der Waals surface area contributed by atoms with Gasteiger partial charge in [-0.05, 0) is 42.6 Å². The number of benzene rings is 1. The van der Waals surface area contributed by atoms with E-state index in [0.29, 0.717) is 6.54 Å². The fraction of sp³-hybridized carbons (Fsp3) is 0.455. The van der Waals surface area contributed by atoms with Gasteiger partial charge in [0.15, 0.2) is 0 Å². The summed E-state index contributed by atoms with van der Waals surface area (Å²) < 4.78 is 62.5. The van der Waals surface area contributed by atoms with E-state index in [1.807, 2.05) is 0 Å². The predicted molar refractivity (Wildman–Crippen MR) is 62.1 cm³/mol. The van der Waals surface area contributed by atoms with E-state index in [4.69, 9.17) is 0 Å². The van der Waals surface area contributed by atoms with E-state index >= 15 is 0 Å². The molecule has 2 rings (SSSR count). The number of rotatable bonds is 2. The molecule has 0 amide bonds. The molecule has 1 aromatic rings. The van der Waals surface area contributed by atoms with Gasteiger partial charge in [0.05, 0.1) is 0 Å². The van der Waals surface area contributed by atoms with Crippen LogP contribution >= 0.6 is 0 Å². The molecule has 0 bridgehead atoms. The van der Waals surface area contributed by atoms with Crippen molar-refractivity contribution >= 4 is 10.1 Å². The largest absolute Gasteiger partial charge is 0.534 e. The maximum absolute atomic E-state index is 12.2. The zero-order valence-corrected chi connectivity index (χ0v) is 10.6. The molecule has 1 N–H and O–H groups in total. The average molecular weight is 295 g/mol. The molecule has 8 heteroatoms. The van der Waals surface area contributed by atoms with Crippen LogP contribution in [0.15, 0.2) is 18.2 Å². The highest BCUT2D eigenvalue weighted by Gasteiger charge is 2.48. The Labute approximate surface area is 108 Å². The van der Waals surface area contributed by atoms with Crippen LogP contribution < -0.4 is 9.50 Å². The van der Waals surface area contributed by atoms with Crippen molar-refractivity contribution in [3.63, 3.8) is 0 Å². The van der Waals surface area contributed by atoms with Crippen molar-refractivity contribution in [3.8, 4) is 5.75 Å². The molecule has 4 nitrogen and oxygen atoms in total. The third-order valence-corrected chi connectivity index (χ3v) is 3.76. The van der Waals surface area contributed by atoms with E-state index in [9.17, 15) is 21.6 Å². The molecule has 19 heavy (non-hydrogen) atoms. The van der Waals surface area contributed by atoms with Crippen molar-refractivity contribution in [1.82, 2.24) is 5.32 Å². The van der Waals surface area contributed by atoms with Crippen LogP contribution in [-0.2, 0) is 23.1 Å². The average Bonchev–Trinajstić information content (AvgIpc) is 2.51. The molecule has 1 aliphatic rings. The summed E-state index contributed by atoms with van der Waals surface area (Å²) in [4.78, 5) is 0. The molecule has 1 aliphatic heterocycles. The Balaban J connectivity index is 2.26. The lowest BCUT2D eigenvalue weighted by atomic mass is 10.0. The van der Waals surface area contributed by atoms with Gasteiger partial charge < -0.3 is 9.50 Å². The maximum atomic E-state index is 12.2. The third-order valence-electron chi connectivity index (χ3n) is 2.78. The molecular formula is C11H12F3NO3S. The minimum atomic E-state index is -5.61. The summed E-state index contributed by atoms with van der Waals surface area (Å²) in [6, 6.07) is 4.17. The summed E-state index contributed by atoms with van der Waals surface area (Å²) in [7, 11) is -5.61. The molecule has 106 valence electrons. The molecule has 0 saturated carbocycles. The van der Waals surface area contributed by atoms with E-state index in [-0.39, 0.29) is 5.75 Å². The Morgan fingerprint density at radius 2 is 1.95 bits per heavy atom. The normalized spacial score (nSPS) is 16.6. The topological polar surface area (TPSA) is 55.4 Å². The van der Waals surface area contributed by atoms with Gasteiger partial charge in [0.2, 0.25) is 0 Å². The van der Waals surface area contributed by atoms with Crippen LogP contribution in [0.5, 0.6) is 5.75 Å². The quantitative estimate of drug-likeness (QED) is 0.669. The minimum Gasteiger partial charge on any atom is -0.376 e. The first-order chi connectivity index (χ1) is 8.79. The highest BCUT2D eigenvalue weighted by atomic mass is 32.2. The van der Waals surface area contributed by atoms with E-state index in [1.54, 1.807) is 6.07 Å². The highest BCUT2D eigenvalue weighted by Crippen LogP contribution is 2.28. The molecule has 0 fully saturated rings. The van der Waals surface area contributed by atoms with Crippen LogP contribution in [0.25, 0.3) is 0 Å². The second kappa shape index (κ2) is 5.01. The molecule has 0 radical (unpaired) electrons. The molecular weight excluding hydrogens is 283 g/mol. The SMILES string of the molecule is O=S(=O)(Oc1ccc2c(c1)CNCCC2)C(F)(F)F. The van der Waals surface area contributed by atoms with Gasteiger partial charge in [0.25, 0.3) is 0 Å². The van der Waals surface area contributed by atoms with E-state index in [0.717, 1.165) is 30.5 Å². The molecule has 1 heterocycles. The molecule has 0 saturated heterocycles. The summed E-state index contributed by atoms with van der Waals surface area (Å²) in [5.74, 6) is -0.320. The summed E-state index contributed by atoms with van der Waals surface area (Å²) in [6.07, 6.45) is 1.72. The van der Waals surface area contributed by atoms with Crippen LogP contribution in [0.4, 0.5) is 13.2 Å². The number of nitrogens with one attached hydrogen (secondary N) is 1. The lowest BCUT2D eigenvalue weighted by Gasteiger charge is -2.11. The van der Waals surface area contributed by atoms with E-state index < -0.39 is 15.6 Å². The number of fused-ring (bicyclic) bond motifs is 1. The van der Waals surface area contributed by atoms with Gasteiger partial charge in [0, 0.05) is 6.54 Å². The first-order valence-corrected chi connectivity index (χ1v) is 7.04.